The van der Waals surface area contributed by atoms with Crippen molar-refractivity contribution >= 4 is 12.2 Å². The third-order valence-corrected chi connectivity index (χ3v) is 3.77. The van der Waals surface area contributed by atoms with Gasteiger partial charge in [-0.15, -0.1) is 0 Å². The van der Waals surface area contributed by atoms with E-state index < -0.39 is 6.03 Å². The van der Waals surface area contributed by atoms with E-state index in [9.17, 15) is 4.79 Å². The second-order valence-corrected chi connectivity index (χ2v) is 5.76. The van der Waals surface area contributed by atoms with Gasteiger partial charge in [-0.25, -0.2) is 10.2 Å². The Labute approximate surface area is 137 Å². The van der Waals surface area contributed by atoms with Crippen LogP contribution in [0.1, 0.15) is 37.7 Å². The molecule has 23 heavy (non-hydrogen) atoms. The molecule has 2 amide bonds. The largest absolute Gasteiger partial charge is 0.494 e. The summed E-state index contributed by atoms with van der Waals surface area (Å²) in [4.78, 5) is 12.9. The number of nitrogens with two attached hydrogens (primary N) is 1. The van der Waals surface area contributed by atoms with Crippen molar-refractivity contribution in [3.63, 3.8) is 0 Å². The number of nitrogens with one attached hydrogen (secondary N) is 1. The highest BCUT2D eigenvalue weighted by molar-refractivity contribution is 5.72. The Bertz CT molecular complexity index is 513. The molecule has 6 heteroatoms. The maximum Gasteiger partial charge on any atom is 0.332 e. The first-order valence-corrected chi connectivity index (χ1v) is 8.25. The van der Waals surface area contributed by atoms with Crippen LogP contribution in [-0.4, -0.2) is 36.8 Å². The van der Waals surface area contributed by atoms with Crippen molar-refractivity contribution in [1.29, 1.82) is 0 Å². The van der Waals surface area contributed by atoms with E-state index in [2.05, 4.69) is 27.6 Å². The van der Waals surface area contributed by atoms with Gasteiger partial charge in [0, 0.05) is 12.8 Å². The number of hydrogen-bond donors (Lipinski definition) is 2. The van der Waals surface area contributed by atoms with Crippen LogP contribution in [0.4, 0.5) is 4.79 Å². The fourth-order valence-corrected chi connectivity index (χ4v) is 2.65. The lowest BCUT2D eigenvalue weighted by Gasteiger charge is -2.26. The van der Waals surface area contributed by atoms with Crippen molar-refractivity contribution in [2.24, 2.45) is 10.8 Å². The molecule has 3 N–H and O–H groups in total. The number of carbonyl (C=O) groups excluding carboxylic acids is 1. The Kier molecular flexibility index (Phi) is 7.39. The van der Waals surface area contributed by atoms with Crippen LogP contribution in [0.2, 0.25) is 0 Å². The second kappa shape index (κ2) is 9.84. The molecule has 0 saturated carbocycles. The number of hydrogen-bond acceptors (Lipinski definition) is 4. The van der Waals surface area contributed by atoms with Gasteiger partial charge in [0.05, 0.1) is 6.61 Å². The Hall–Kier alpha value is -2.08. The second-order valence-electron chi connectivity index (χ2n) is 5.76. The number of amides is 2. The van der Waals surface area contributed by atoms with Gasteiger partial charge in [-0.2, -0.15) is 5.10 Å². The van der Waals surface area contributed by atoms with Gasteiger partial charge in [-0.3, -0.25) is 4.90 Å². The molecule has 0 aliphatic carbocycles. The summed E-state index contributed by atoms with van der Waals surface area (Å²) in [6.07, 6.45) is 7.16. The third kappa shape index (κ3) is 7.15. The van der Waals surface area contributed by atoms with E-state index in [0.717, 1.165) is 25.1 Å². The molecule has 0 atom stereocenters. The molecule has 6 nitrogen and oxygen atoms in total. The van der Waals surface area contributed by atoms with Crippen LogP contribution in [0.3, 0.4) is 0 Å². The topological polar surface area (TPSA) is 80.0 Å². The van der Waals surface area contributed by atoms with Crippen molar-refractivity contribution in [3.05, 3.63) is 29.8 Å². The Morgan fingerprint density at radius 1 is 1.35 bits per heavy atom. The molecule has 0 radical (unpaired) electrons. The standard InChI is InChI=1S/C17H26N4O2/c18-17(22)20-19-9-2-5-12-23-16-8-6-7-15(13-16)14-21-10-3-1-4-11-21/h6-9,13H,1-5,10-12,14H2,(H3,18,20,22). The van der Waals surface area contributed by atoms with Gasteiger partial charge in [-0.05, 0) is 56.5 Å². The number of unbranched alkanes of at least 4 members (excludes halogenated alkanes) is 1. The summed E-state index contributed by atoms with van der Waals surface area (Å²) in [5.74, 6) is 0.909. The molecule has 2 rings (SSSR count). The predicted molar refractivity (Wildman–Crippen MR) is 91.5 cm³/mol. The molecule has 1 aliphatic rings. The lowest BCUT2D eigenvalue weighted by Crippen LogP contribution is -2.29. The summed E-state index contributed by atoms with van der Waals surface area (Å²) in [6, 6.07) is 7.67. The average Bonchev–Trinajstić information content (AvgIpc) is 2.55. The quantitative estimate of drug-likeness (QED) is 0.439. The fourth-order valence-electron chi connectivity index (χ4n) is 2.65. The first-order chi connectivity index (χ1) is 11.2. The number of urea groups is 1. The highest BCUT2D eigenvalue weighted by Crippen LogP contribution is 2.17. The lowest BCUT2D eigenvalue weighted by molar-refractivity contribution is 0.220. The number of carbonyl (C=O) groups is 1. The summed E-state index contributed by atoms with van der Waals surface area (Å²) in [6.45, 7) is 4.02. The zero-order valence-electron chi connectivity index (χ0n) is 13.5. The van der Waals surface area contributed by atoms with E-state index in [1.807, 2.05) is 12.1 Å². The summed E-state index contributed by atoms with van der Waals surface area (Å²) in [7, 11) is 0. The van der Waals surface area contributed by atoms with Gasteiger partial charge in [0.2, 0.25) is 0 Å². The van der Waals surface area contributed by atoms with Crippen molar-refractivity contribution in [2.45, 2.75) is 38.6 Å². The molecule has 1 aromatic rings. The first kappa shape index (κ1) is 17.3. The number of nitrogens with zero attached hydrogens (tertiary/aromatic N) is 2. The van der Waals surface area contributed by atoms with Gasteiger partial charge < -0.3 is 10.5 Å². The van der Waals surface area contributed by atoms with Crippen LogP contribution in [0, 0.1) is 0 Å². The van der Waals surface area contributed by atoms with Crippen LogP contribution in [-0.2, 0) is 6.54 Å². The van der Waals surface area contributed by atoms with Crippen molar-refractivity contribution in [1.82, 2.24) is 10.3 Å². The van der Waals surface area contributed by atoms with E-state index in [1.165, 1.54) is 37.9 Å². The molecule has 0 spiro atoms. The predicted octanol–water partition coefficient (Wildman–Crippen LogP) is 2.49. The van der Waals surface area contributed by atoms with Crippen LogP contribution in [0.15, 0.2) is 29.4 Å². The summed E-state index contributed by atoms with van der Waals surface area (Å²) >= 11 is 0. The zero-order chi connectivity index (χ0) is 16.3. The van der Waals surface area contributed by atoms with Gasteiger partial charge in [0.25, 0.3) is 0 Å². The highest BCUT2D eigenvalue weighted by Gasteiger charge is 2.10. The molecule has 1 saturated heterocycles. The van der Waals surface area contributed by atoms with Crippen LogP contribution < -0.4 is 15.9 Å². The minimum absolute atomic E-state index is 0.621. The van der Waals surface area contributed by atoms with Crippen molar-refractivity contribution in [3.8, 4) is 5.75 Å². The zero-order valence-corrected chi connectivity index (χ0v) is 13.5. The molecular weight excluding hydrogens is 292 g/mol. The minimum Gasteiger partial charge on any atom is -0.494 e. The smallest absolute Gasteiger partial charge is 0.332 e. The highest BCUT2D eigenvalue weighted by atomic mass is 16.5. The number of likely N-dealkylation sites (tertiary alicyclic amines) is 1. The molecule has 1 fully saturated rings. The Morgan fingerprint density at radius 2 is 2.17 bits per heavy atom. The first-order valence-electron chi connectivity index (χ1n) is 8.25. The molecule has 0 unspecified atom stereocenters. The molecule has 126 valence electrons. The summed E-state index contributed by atoms with van der Waals surface area (Å²) in [5.41, 5.74) is 8.36. The van der Waals surface area contributed by atoms with Crippen molar-refractivity contribution < 1.29 is 9.53 Å². The summed E-state index contributed by atoms with van der Waals surface area (Å²) in [5, 5.41) is 3.68. The maximum absolute atomic E-state index is 10.4. The number of piperidine rings is 1. The van der Waals surface area contributed by atoms with Crippen molar-refractivity contribution in [2.75, 3.05) is 19.7 Å². The molecule has 1 aromatic carbocycles. The molecule has 0 aromatic heterocycles. The average molecular weight is 318 g/mol. The minimum atomic E-state index is -0.650. The monoisotopic (exact) mass is 318 g/mol. The van der Waals surface area contributed by atoms with E-state index >= 15 is 0 Å². The van der Waals surface area contributed by atoms with Gasteiger partial charge in [0.15, 0.2) is 0 Å². The molecular formula is C17H26N4O2. The van der Waals surface area contributed by atoms with Gasteiger partial charge in [-0.1, -0.05) is 18.6 Å². The molecule has 1 aliphatic heterocycles. The normalized spacial score (nSPS) is 15.7. The SMILES string of the molecule is NC(=O)NN=CCCCOc1cccc(CN2CCCCC2)c1. The maximum atomic E-state index is 10.4. The van der Waals surface area contributed by atoms with Crippen LogP contribution in [0.25, 0.3) is 0 Å². The molecule has 0 bridgehead atoms. The lowest BCUT2D eigenvalue weighted by atomic mass is 10.1. The van der Waals surface area contributed by atoms with E-state index in [4.69, 9.17) is 10.5 Å². The van der Waals surface area contributed by atoms with Crippen LogP contribution >= 0.6 is 0 Å². The van der Waals surface area contributed by atoms with E-state index in [-0.39, 0.29) is 0 Å². The molecule has 1 heterocycles. The number of primary amides is 1. The third-order valence-electron chi connectivity index (χ3n) is 3.77. The number of hydrazone groups is 1. The Balaban J connectivity index is 1.68. The fraction of sp³-hybridized carbons (Fsp3) is 0.529. The number of benzene rings is 1. The van der Waals surface area contributed by atoms with E-state index in [1.54, 1.807) is 6.21 Å². The van der Waals surface area contributed by atoms with Crippen LogP contribution in [0.5, 0.6) is 5.75 Å². The van der Waals surface area contributed by atoms with Gasteiger partial charge in [0.1, 0.15) is 5.75 Å². The number of ether oxygens (including phenoxy) is 1. The Morgan fingerprint density at radius 3 is 2.96 bits per heavy atom. The van der Waals surface area contributed by atoms with E-state index in [0.29, 0.717) is 6.61 Å². The number of rotatable bonds is 8. The van der Waals surface area contributed by atoms with Gasteiger partial charge >= 0.3 is 6.03 Å². The summed E-state index contributed by atoms with van der Waals surface area (Å²) < 4.78 is 5.77.